The molecule has 7 nitrogen and oxygen atoms in total. The molecular weight excluding hydrogens is 294 g/mol. The van der Waals surface area contributed by atoms with Gasteiger partial charge in [0, 0.05) is 4.88 Å². The van der Waals surface area contributed by atoms with Gasteiger partial charge < -0.3 is 9.84 Å². The third kappa shape index (κ3) is 4.97. The van der Waals surface area contributed by atoms with E-state index in [9.17, 15) is 18.0 Å². The lowest BCUT2D eigenvalue weighted by atomic mass is 10.3. The summed E-state index contributed by atoms with van der Waals surface area (Å²) in [6.45, 7) is 0. The lowest BCUT2D eigenvalue weighted by Crippen LogP contribution is -2.35. The molecule has 0 aromatic carbocycles. The molecule has 1 rings (SSSR count). The Morgan fingerprint density at radius 3 is 2.68 bits per heavy atom. The first-order valence-corrected chi connectivity index (χ1v) is 7.72. The maximum Gasteiger partial charge on any atom is 0.327 e. The van der Waals surface area contributed by atoms with Gasteiger partial charge in [0.2, 0.25) is 10.0 Å². The summed E-state index contributed by atoms with van der Waals surface area (Å²) in [7, 11) is -2.74. The van der Waals surface area contributed by atoms with E-state index in [4.69, 9.17) is 5.11 Å². The summed E-state index contributed by atoms with van der Waals surface area (Å²) < 4.78 is 29.7. The molecule has 19 heavy (non-hydrogen) atoms. The summed E-state index contributed by atoms with van der Waals surface area (Å²) in [5, 5.41) is 10.7. The van der Waals surface area contributed by atoms with Crippen LogP contribution in [0.4, 0.5) is 0 Å². The topological polar surface area (TPSA) is 110 Å². The molecule has 2 N–H and O–H groups in total. The van der Waals surface area contributed by atoms with Crippen molar-refractivity contribution in [2.75, 3.05) is 12.9 Å². The van der Waals surface area contributed by atoms with Gasteiger partial charge in [0.05, 0.1) is 19.3 Å². The van der Waals surface area contributed by atoms with Crippen molar-refractivity contribution < 1.29 is 27.9 Å². The second-order valence-corrected chi connectivity index (χ2v) is 6.40. The normalized spacial score (nSPS) is 12.9. The van der Waals surface area contributed by atoms with E-state index in [0.29, 0.717) is 4.88 Å². The Balaban J connectivity index is 2.74. The fourth-order valence-electron chi connectivity index (χ4n) is 1.24. The SMILES string of the molecule is COC(=O)CCS(=O)(=O)NC(C(=O)O)c1cccs1. The highest BCUT2D eigenvalue weighted by Crippen LogP contribution is 2.20. The van der Waals surface area contributed by atoms with Crippen LogP contribution in [0.15, 0.2) is 17.5 Å². The van der Waals surface area contributed by atoms with Gasteiger partial charge in [-0.15, -0.1) is 11.3 Å². The smallest absolute Gasteiger partial charge is 0.327 e. The van der Waals surface area contributed by atoms with Crippen LogP contribution in [0.5, 0.6) is 0 Å². The van der Waals surface area contributed by atoms with Crippen molar-refractivity contribution in [2.45, 2.75) is 12.5 Å². The second kappa shape index (κ2) is 6.64. The molecule has 0 radical (unpaired) electrons. The number of rotatable bonds is 7. The first kappa shape index (κ1) is 15.6. The Labute approximate surface area is 114 Å². The van der Waals surface area contributed by atoms with E-state index < -0.39 is 33.8 Å². The zero-order chi connectivity index (χ0) is 14.5. The molecule has 1 atom stereocenters. The van der Waals surface area contributed by atoms with Crippen LogP contribution in [-0.2, 0) is 24.3 Å². The number of esters is 1. The molecule has 1 unspecified atom stereocenters. The molecule has 0 aliphatic rings. The van der Waals surface area contributed by atoms with Gasteiger partial charge in [0.15, 0.2) is 6.04 Å². The van der Waals surface area contributed by atoms with Crippen LogP contribution >= 0.6 is 11.3 Å². The van der Waals surface area contributed by atoms with Gasteiger partial charge in [-0.25, -0.2) is 8.42 Å². The van der Waals surface area contributed by atoms with Crippen LogP contribution in [0.25, 0.3) is 0 Å². The van der Waals surface area contributed by atoms with Crippen LogP contribution in [0, 0.1) is 0 Å². The van der Waals surface area contributed by atoms with E-state index in [1.165, 1.54) is 6.07 Å². The Hall–Kier alpha value is -1.45. The molecule has 0 spiro atoms. The minimum absolute atomic E-state index is 0.331. The van der Waals surface area contributed by atoms with Gasteiger partial charge in [-0.2, -0.15) is 4.72 Å². The van der Waals surface area contributed by atoms with E-state index in [1.807, 2.05) is 4.72 Å². The monoisotopic (exact) mass is 307 g/mol. The summed E-state index contributed by atoms with van der Waals surface area (Å²) in [6, 6.07) is 1.80. The number of carboxylic acids is 1. The molecule has 0 bridgehead atoms. The van der Waals surface area contributed by atoms with Crippen molar-refractivity contribution in [3.8, 4) is 0 Å². The molecule has 9 heteroatoms. The summed E-state index contributed by atoms with van der Waals surface area (Å²) in [6.07, 6.45) is -0.331. The van der Waals surface area contributed by atoms with E-state index in [-0.39, 0.29) is 6.42 Å². The zero-order valence-electron chi connectivity index (χ0n) is 10.0. The highest BCUT2D eigenvalue weighted by atomic mass is 32.2. The van der Waals surface area contributed by atoms with E-state index in [1.54, 1.807) is 11.4 Å². The maximum absolute atomic E-state index is 11.7. The number of hydrogen-bond donors (Lipinski definition) is 2. The number of thiophene rings is 1. The number of carbonyl (C=O) groups is 2. The number of aliphatic carboxylic acids is 1. The van der Waals surface area contributed by atoms with Crippen molar-refractivity contribution in [3.63, 3.8) is 0 Å². The minimum Gasteiger partial charge on any atom is -0.480 e. The molecule has 0 aliphatic heterocycles. The number of sulfonamides is 1. The number of ether oxygens (including phenoxy) is 1. The fourth-order valence-corrected chi connectivity index (χ4v) is 3.23. The third-order valence-electron chi connectivity index (χ3n) is 2.17. The van der Waals surface area contributed by atoms with Gasteiger partial charge in [-0.1, -0.05) is 6.07 Å². The molecule has 1 heterocycles. The summed E-state index contributed by atoms with van der Waals surface area (Å²) in [5.41, 5.74) is 0. The molecule has 0 saturated heterocycles. The Morgan fingerprint density at radius 1 is 1.53 bits per heavy atom. The van der Waals surface area contributed by atoms with Crippen molar-refractivity contribution in [1.82, 2.24) is 4.72 Å². The predicted octanol–water partition coefficient (Wildman–Crippen LogP) is 0.356. The lowest BCUT2D eigenvalue weighted by Gasteiger charge is -2.12. The van der Waals surface area contributed by atoms with Gasteiger partial charge in [0.1, 0.15) is 0 Å². The molecule has 1 aromatic heterocycles. The molecular formula is C10H13NO6S2. The molecule has 106 valence electrons. The van der Waals surface area contributed by atoms with Crippen molar-refractivity contribution in [2.24, 2.45) is 0 Å². The van der Waals surface area contributed by atoms with Crippen LogP contribution in [0.1, 0.15) is 17.3 Å². The zero-order valence-corrected chi connectivity index (χ0v) is 11.7. The van der Waals surface area contributed by atoms with Crippen molar-refractivity contribution in [1.29, 1.82) is 0 Å². The Morgan fingerprint density at radius 2 is 2.21 bits per heavy atom. The minimum atomic E-state index is -3.88. The van der Waals surface area contributed by atoms with Crippen LogP contribution in [0.3, 0.4) is 0 Å². The highest BCUT2D eigenvalue weighted by Gasteiger charge is 2.26. The number of carbonyl (C=O) groups excluding carboxylic acids is 1. The number of carboxylic acid groups (broad SMARTS) is 1. The van der Waals surface area contributed by atoms with Crippen molar-refractivity contribution >= 4 is 33.3 Å². The second-order valence-electron chi connectivity index (χ2n) is 3.55. The third-order valence-corrected chi connectivity index (χ3v) is 4.45. The van der Waals surface area contributed by atoms with Crippen molar-refractivity contribution in [3.05, 3.63) is 22.4 Å². The summed E-state index contributed by atoms with van der Waals surface area (Å²) in [5.74, 6) is -2.49. The standard InChI is InChI=1S/C10H13NO6S2/c1-17-8(12)4-6-19(15,16)11-9(10(13)14)7-3-2-5-18-7/h2-3,5,9,11H,4,6H2,1H3,(H,13,14). The first-order valence-electron chi connectivity index (χ1n) is 5.19. The fraction of sp³-hybridized carbons (Fsp3) is 0.400. The van der Waals surface area contributed by atoms with E-state index in [2.05, 4.69) is 4.74 Å². The summed E-state index contributed by atoms with van der Waals surface area (Å²) >= 11 is 1.13. The van der Waals surface area contributed by atoms with Crippen LogP contribution in [0.2, 0.25) is 0 Å². The molecule has 0 amide bonds. The van der Waals surface area contributed by atoms with Gasteiger partial charge in [-0.3, -0.25) is 9.59 Å². The molecule has 0 saturated carbocycles. The van der Waals surface area contributed by atoms with Crippen LogP contribution < -0.4 is 4.72 Å². The van der Waals surface area contributed by atoms with Gasteiger partial charge in [-0.05, 0) is 11.4 Å². The highest BCUT2D eigenvalue weighted by molar-refractivity contribution is 7.89. The lowest BCUT2D eigenvalue weighted by molar-refractivity contribution is -0.140. The molecule has 0 aliphatic carbocycles. The Bertz CT molecular complexity index is 536. The number of nitrogens with one attached hydrogen (secondary N) is 1. The number of hydrogen-bond acceptors (Lipinski definition) is 6. The maximum atomic E-state index is 11.7. The first-order chi connectivity index (χ1) is 8.85. The van der Waals surface area contributed by atoms with Gasteiger partial charge in [0.25, 0.3) is 0 Å². The number of methoxy groups -OCH3 is 1. The van der Waals surface area contributed by atoms with Gasteiger partial charge >= 0.3 is 11.9 Å². The quantitative estimate of drug-likeness (QED) is 0.704. The van der Waals surface area contributed by atoms with Crippen LogP contribution in [-0.4, -0.2) is 38.3 Å². The molecule has 1 aromatic rings. The summed E-state index contributed by atoms with van der Waals surface area (Å²) in [4.78, 5) is 22.3. The molecule has 0 fully saturated rings. The Kier molecular flexibility index (Phi) is 5.45. The average Bonchev–Trinajstić information content (AvgIpc) is 2.86. The largest absolute Gasteiger partial charge is 0.480 e. The average molecular weight is 307 g/mol. The predicted molar refractivity (Wildman–Crippen MR) is 68.3 cm³/mol. The van der Waals surface area contributed by atoms with E-state index >= 15 is 0 Å². The van der Waals surface area contributed by atoms with E-state index in [0.717, 1.165) is 18.4 Å².